The van der Waals surface area contributed by atoms with Crippen LogP contribution in [0.2, 0.25) is 5.02 Å². The summed E-state index contributed by atoms with van der Waals surface area (Å²) in [5.41, 5.74) is 0.131. The molecular formula is C17H24ClFN2O2. The third kappa shape index (κ3) is 5.90. The van der Waals surface area contributed by atoms with Crippen molar-refractivity contribution < 1.29 is 13.9 Å². The van der Waals surface area contributed by atoms with Crippen molar-refractivity contribution in [3.05, 3.63) is 29.0 Å². The lowest BCUT2D eigenvalue weighted by Crippen LogP contribution is -2.42. The second kappa shape index (κ2) is 7.39. The van der Waals surface area contributed by atoms with Crippen molar-refractivity contribution in [2.24, 2.45) is 0 Å². The van der Waals surface area contributed by atoms with E-state index in [0.29, 0.717) is 10.7 Å². The van der Waals surface area contributed by atoms with Crippen molar-refractivity contribution in [1.29, 1.82) is 0 Å². The second-order valence-corrected chi connectivity index (χ2v) is 7.37. The smallest absolute Gasteiger partial charge is 0.407 e. The predicted molar refractivity (Wildman–Crippen MR) is 90.4 cm³/mol. The summed E-state index contributed by atoms with van der Waals surface area (Å²) in [4.78, 5) is 11.8. The van der Waals surface area contributed by atoms with Crippen LogP contribution in [-0.4, -0.2) is 23.8 Å². The van der Waals surface area contributed by atoms with Gasteiger partial charge in [-0.3, -0.25) is 0 Å². The minimum Gasteiger partial charge on any atom is -0.444 e. The molecule has 1 fully saturated rings. The van der Waals surface area contributed by atoms with Gasteiger partial charge in [-0.15, -0.1) is 0 Å². The van der Waals surface area contributed by atoms with Gasteiger partial charge in [0.2, 0.25) is 0 Å². The number of ether oxygens (including phenoxy) is 1. The zero-order chi connectivity index (χ0) is 17.0. The lowest BCUT2D eigenvalue weighted by atomic mass is 9.91. The summed E-state index contributed by atoms with van der Waals surface area (Å²) >= 11 is 6.07. The quantitative estimate of drug-likeness (QED) is 0.835. The highest BCUT2D eigenvalue weighted by Gasteiger charge is 2.25. The number of alkyl carbamates (subject to hydrolysis) is 1. The van der Waals surface area contributed by atoms with Gasteiger partial charge in [0, 0.05) is 12.1 Å². The average Bonchev–Trinajstić information content (AvgIpc) is 2.43. The van der Waals surface area contributed by atoms with Crippen molar-refractivity contribution in [3.63, 3.8) is 0 Å². The van der Waals surface area contributed by atoms with Gasteiger partial charge < -0.3 is 15.4 Å². The van der Waals surface area contributed by atoms with Crippen LogP contribution in [0.25, 0.3) is 0 Å². The fourth-order valence-corrected chi connectivity index (χ4v) is 2.86. The van der Waals surface area contributed by atoms with Gasteiger partial charge >= 0.3 is 6.09 Å². The number of nitrogens with one attached hydrogen (secondary N) is 2. The molecule has 2 rings (SSSR count). The number of anilines is 1. The Labute approximate surface area is 141 Å². The van der Waals surface area contributed by atoms with Gasteiger partial charge in [0.15, 0.2) is 0 Å². The Morgan fingerprint density at radius 3 is 2.43 bits per heavy atom. The summed E-state index contributed by atoms with van der Waals surface area (Å²) in [5, 5.41) is 6.71. The molecule has 1 aromatic carbocycles. The van der Waals surface area contributed by atoms with Gasteiger partial charge in [0.25, 0.3) is 0 Å². The van der Waals surface area contributed by atoms with Crippen LogP contribution in [0.15, 0.2) is 18.2 Å². The van der Waals surface area contributed by atoms with E-state index in [4.69, 9.17) is 16.3 Å². The Morgan fingerprint density at radius 1 is 1.22 bits per heavy atom. The first-order valence-electron chi connectivity index (χ1n) is 7.94. The molecule has 1 saturated carbocycles. The van der Waals surface area contributed by atoms with Crippen molar-refractivity contribution >= 4 is 23.4 Å². The first-order valence-corrected chi connectivity index (χ1v) is 8.32. The Kier molecular flexibility index (Phi) is 5.74. The van der Waals surface area contributed by atoms with Gasteiger partial charge in [-0.25, -0.2) is 9.18 Å². The summed E-state index contributed by atoms with van der Waals surface area (Å²) in [7, 11) is 0. The van der Waals surface area contributed by atoms with E-state index in [2.05, 4.69) is 10.6 Å². The molecule has 0 aromatic heterocycles. The van der Waals surface area contributed by atoms with Crippen molar-refractivity contribution in [1.82, 2.24) is 5.32 Å². The van der Waals surface area contributed by atoms with E-state index in [1.54, 1.807) is 6.07 Å². The van der Waals surface area contributed by atoms with E-state index >= 15 is 0 Å². The Morgan fingerprint density at radius 2 is 1.83 bits per heavy atom. The van der Waals surface area contributed by atoms with Crippen LogP contribution in [0.4, 0.5) is 14.9 Å². The summed E-state index contributed by atoms with van der Waals surface area (Å²) in [6.45, 7) is 5.53. The van der Waals surface area contributed by atoms with Crippen LogP contribution in [0, 0.1) is 5.82 Å². The van der Waals surface area contributed by atoms with Crippen molar-refractivity contribution in [2.75, 3.05) is 5.32 Å². The molecule has 128 valence electrons. The average molecular weight is 343 g/mol. The van der Waals surface area contributed by atoms with E-state index in [1.807, 2.05) is 20.8 Å². The molecule has 0 atom stereocenters. The highest BCUT2D eigenvalue weighted by molar-refractivity contribution is 6.33. The number of carbonyl (C=O) groups excluding carboxylic acids is 1. The summed E-state index contributed by atoms with van der Waals surface area (Å²) in [6.07, 6.45) is 3.09. The van der Waals surface area contributed by atoms with Gasteiger partial charge in [0.05, 0.1) is 10.7 Å². The molecular weight excluding hydrogens is 319 g/mol. The Bertz CT molecular complexity index is 552. The van der Waals surface area contributed by atoms with Crippen LogP contribution in [0.1, 0.15) is 46.5 Å². The monoisotopic (exact) mass is 342 g/mol. The lowest BCUT2D eigenvalue weighted by Gasteiger charge is -2.31. The summed E-state index contributed by atoms with van der Waals surface area (Å²) < 4.78 is 18.5. The molecule has 0 heterocycles. The van der Waals surface area contributed by atoms with E-state index in [1.165, 1.54) is 12.1 Å². The maximum absolute atomic E-state index is 13.3. The molecule has 0 bridgehead atoms. The molecule has 0 aliphatic heterocycles. The first-order chi connectivity index (χ1) is 10.7. The number of hydrogen-bond acceptors (Lipinski definition) is 3. The zero-order valence-corrected chi connectivity index (χ0v) is 14.5. The van der Waals surface area contributed by atoms with E-state index in [0.717, 1.165) is 25.7 Å². The molecule has 0 saturated heterocycles. The van der Waals surface area contributed by atoms with Crippen LogP contribution in [-0.2, 0) is 4.74 Å². The largest absolute Gasteiger partial charge is 0.444 e. The fraction of sp³-hybridized carbons (Fsp3) is 0.588. The second-order valence-electron chi connectivity index (χ2n) is 6.96. The minimum absolute atomic E-state index is 0.117. The third-order valence-corrected chi connectivity index (χ3v) is 4.07. The number of amides is 1. The Hall–Kier alpha value is -1.49. The maximum Gasteiger partial charge on any atom is 0.407 e. The standard InChI is InChI=1S/C17H24ClFN2O2/c1-17(2,3)23-16(22)21-13-7-5-12(6-8-13)20-15-10-11(19)4-9-14(15)18/h4,9-10,12-13,20H,5-8H2,1-3H3,(H,21,22). The molecule has 1 aromatic rings. The fourth-order valence-electron chi connectivity index (χ4n) is 2.68. The lowest BCUT2D eigenvalue weighted by molar-refractivity contribution is 0.0492. The van der Waals surface area contributed by atoms with E-state index in [9.17, 15) is 9.18 Å². The molecule has 4 nitrogen and oxygen atoms in total. The molecule has 1 aliphatic carbocycles. The van der Waals surface area contributed by atoms with Crippen LogP contribution >= 0.6 is 11.6 Å². The highest BCUT2D eigenvalue weighted by atomic mass is 35.5. The number of hydrogen-bond donors (Lipinski definition) is 2. The molecule has 6 heteroatoms. The molecule has 2 N–H and O–H groups in total. The van der Waals surface area contributed by atoms with Gasteiger partial charge in [-0.2, -0.15) is 0 Å². The highest BCUT2D eigenvalue weighted by Crippen LogP contribution is 2.27. The van der Waals surface area contributed by atoms with E-state index in [-0.39, 0.29) is 24.0 Å². The molecule has 1 aliphatic rings. The molecule has 0 unspecified atom stereocenters. The van der Waals surface area contributed by atoms with E-state index < -0.39 is 5.60 Å². The maximum atomic E-state index is 13.3. The zero-order valence-electron chi connectivity index (χ0n) is 13.8. The molecule has 0 radical (unpaired) electrons. The third-order valence-electron chi connectivity index (χ3n) is 3.74. The SMILES string of the molecule is CC(C)(C)OC(=O)NC1CCC(Nc2cc(F)ccc2Cl)CC1. The predicted octanol–water partition coefficient (Wildman–Crippen LogP) is 4.73. The molecule has 23 heavy (non-hydrogen) atoms. The number of halogens is 2. The summed E-state index contributed by atoms with van der Waals surface area (Å²) in [6, 6.07) is 4.65. The minimum atomic E-state index is -0.489. The first kappa shape index (κ1) is 17.9. The van der Waals surface area contributed by atoms with Gasteiger partial charge in [-0.05, 0) is 64.7 Å². The number of carbonyl (C=O) groups is 1. The number of rotatable bonds is 3. The number of benzene rings is 1. The van der Waals surface area contributed by atoms with Gasteiger partial charge in [0.1, 0.15) is 11.4 Å². The van der Waals surface area contributed by atoms with Crippen LogP contribution in [0.3, 0.4) is 0 Å². The normalized spacial score (nSPS) is 21.6. The summed E-state index contributed by atoms with van der Waals surface area (Å²) in [5.74, 6) is -0.308. The van der Waals surface area contributed by atoms with Gasteiger partial charge in [-0.1, -0.05) is 11.6 Å². The topological polar surface area (TPSA) is 50.4 Å². The van der Waals surface area contributed by atoms with Crippen molar-refractivity contribution in [3.8, 4) is 0 Å². The van der Waals surface area contributed by atoms with Crippen LogP contribution < -0.4 is 10.6 Å². The Balaban J connectivity index is 1.80. The molecule has 1 amide bonds. The van der Waals surface area contributed by atoms with Crippen molar-refractivity contribution in [2.45, 2.75) is 64.1 Å². The molecule has 0 spiro atoms. The van der Waals surface area contributed by atoms with Crippen LogP contribution in [0.5, 0.6) is 0 Å².